The minimum absolute atomic E-state index is 0.215. The van der Waals surface area contributed by atoms with E-state index in [-0.39, 0.29) is 4.94 Å². The zero-order valence-electron chi connectivity index (χ0n) is 9.57. The summed E-state index contributed by atoms with van der Waals surface area (Å²) in [6.07, 6.45) is 4.86. The fraction of sp³-hybridized carbons (Fsp3) is 0.462. The topological polar surface area (TPSA) is 42.2 Å². The van der Waals surface area contributed by atoms with Gasteiger partial charge in [-0.3, -0.25) is 0 Å². The van der Waals surface area contributed by atoms with E-state index in [1.807, 2.05) is 12.1 Å². The van der Waals surface area contributed by atoms with Crippen LogP contribution in [0.5, 0.6) is 0 Å². The van der Waals surface area contributed by atoms with E-state index in [0.717, 1.165) is 23.2 Å². The van der Waals surface area contributed by atoms with Crippen molar-refractivity contribution in [2.75, 3.05) is 6.54 Å². The first-order valence-electron chi connectivity index (χ1n) is 6.07. The molecule has 3 rings (SSSR count). The third-order valence-electron chi connectivity index (χ3n) is 3.29. The monoisotopic (exact) mass is 249 g/mol. The van der Waals surface area contributed by atoms with E-state index in [0.29, 0.717) is 6.04 Å². The number of rotatable bonds is 2. The maximum absolute atomic E-state index is 11.1. The second-order valence-corrected chi connectivity index (χ2v) is 5.56. The SMILES string of the molecule is O=c1oc2cc(CC3CCCCN3)ccc2s1. The predicted molar refractivity (Wildman–Crippen MR) is 69.7 cm³/mol. The van der Waals surface area contributed by atoms with E-state index >= 15 is 0 Å². The van der Waals surface area contributed by atoms with Crippen molar-refractivity contribution in [1.29, 1.82) is 0 Å². The molecule has 3 nitrogen and oxygen atoms in total. The second-order valence-electron chi connectivity index (χ2n) is 4.59. The Morgan fingerprint density at radius 3 is 3.18 bits per heavy atom. The van der Waals surface area contributed by atoms with Crippen molar-refractivity contribution >= 4 is 21.6 Å². The molecule has 1 fully saturated rings. The molecule has 0 aliphatic carbocycles. The molecule has 1 atom stereocenters. The Labute approximate surface area is 103 Å². The Morgan fingerprint density at radius 1 is 1.41 bits per heavy atom. The maximum Gasteiger partial charge on any atom is 0.396 e. The van der Waals surface area contributed by atoms with Gasteiger partial charge in [0.05, 0.1) is 4.70 Å². The molecule has 17 heavy (non-hydrogen) atoms. The zero-order chi connectivity index (χ0) is 11.7. The molecule has 0 radical (unpaired) electrons. The van der Waals surface area contributed by atoms with Crippen molar-refractivity contribution in [2.24, 2.45) is 0 Å². The third kappa shape index (κ3) is 2.42. The molecular formula is C13H15NO2S. The van der Waals surface area contributed by atoms with Gasteiger partial charge in [0, 0.05) is 6.04 Å². The molecular weight excluding hydrogens is 234 g/mol. The van der Waals surface area contributed by atoms with Gasteiger partial charge in [-0.15, -0.1) is 0 Å². The number of hydrogen-bond acceptors (Lipinski definition) is 4. The van der Waals surface area contributed by atoms with Gasteiger partial charge in [0.2, 0.25) is 0 Å². The van der Waals surface area contributed by atoms with Crippen LogP contribution >= 0.6 is 11.3 Å². The minimum Gasteiger partial charge on any atom is -0.414 e. The van der Waals surface area contributed by atoms with Crippen molar-refractivity contribution in [1.82, 2.24) is 5.32 Å². The van der Waals surface area contributed by atoms with Gasteiger partial charge in [0.1, 0.15) is 5.58 Å². The molecule has 1 aromatic carbocycles. The fourth-order valence-corrected chi connectivity index (χ4v) is 3.07. The first kappa shape index (κ1) is 11.0. The van der Waals surface area contributed by atoms with Gasteiger partial charge in [0.15, 0.2) is 0 Å². The summed E-state index contributed by atoms with van der Waals surface area (Å²) in [5, 5.41) is 3.53. The molecule has 0 spiro atoms. The molecule has 1 N–H and O–H groups in total. The number of benzene rings is 1. The molecule has 1 unspecified atom stereocenters. The lowest BCUT2D eigenvalue weighted by molar-refractivity contribution is 0.399. The van der Waals surface area contributed by atoms with Crippen molar-refractivity contribution in [3.8, 4) is 0 Å². The average Bonchev–Trinajstić information content (AvgIpc) is 2.70. The van der Waals surface area contributed by atoms with Gasteiger partial charge < -0.3 is 9.73 Å². The smallest absolute Gasteiger partial charge is 0.396 e. The van der Waals surface area contributed by atoms with Gasteiger partial charge >= 0.3 is 4.94 Å². The van der Waals surface area contributed by atoms with E-state index in [1.165, 1.54) is 36.2 Å². The lowest BCUT2D eigenvalue weighted by atomic mass is 9.98. The highest BCUT2D eigenvalue weighted by molar-refractivity contribution is 7.16. The highest BCUT2D eigenvalue weighted by atomic mass is 32.1. The maximum atomic E-state index is 11.1. The molecule has 2 heterocycles. The van der Waals surface area contributed by atoms with Gasteiger partial charge in [-0.1, -0.05) is 23.8 Å². The third-order valence-corrected chi connectivity index (χ3v) is 4.10. The van der Waals surface area contributed by atoms with Gasteiger partial charge in [-0.25, -0.2) is 4.79 Å². The first-order valence-corrected chi connectivity index (χ1v) is 6.89. The standard InChI is InChI=1S/C13H15NO2S/c15-13-16-11-8-9(4-5-12(11)17-13)7-10-3-1-2-6-14-10/h4-5,8,10,14H,1-3,6-7H2. The number of hydrogen-bond donors (Lipinski definition) is 1. The summed E-state index contributed by atoms with van der Waals surface area (Å²) >= 11 is 1.17. The normalized spacial score (nSPS) is 20.8. The van der Waals surface area contributed by atoms with Crippen LogP contribution in [0, 0.1) is 0 Å². The predicted octanol–water partition coefficient (Wildman–Crippen LogP) is 2.54. The largest absolute Gasteiger partial charge is 0.414 e. The molecule has 90 valence electrons. The first-order chi connectivity index (χ1) is 8.31. The van der Waals surface area contributed by atoms with Crippen LogP contribution in [0.15, 0.2) is 27.4 Å². The van der Waals surface area contributed by atoms with Gasteiger partial charge in [0.25, 0.3) is 0 Å². The van der Waals surface area contributed by atoms with Crippen LogP contribution in [-0.2, 0) is 6.42 Å². The van der Waals surface area contributed by atoms with Gasteiger partial charge in [-0.05, 0) is 43.5 Å². The molecule has 4 heteroatoms. The molecule has 1 aliphatic heterocycles. The molecule has 0 amide bonds. The van der Waals surface area contributed by atoms with Crippen LogP contribution in [0.3, 0.4) is 0 Å². The molecule has 1 aliphatic rings. The van der Waals surface area contributed by atoms with E-state index < -0.39 is 0 Å². The summed E-state index contributed by atoms with van der Waals surface area (Å²) in [5.41, 5.74) is 1.98. The fourth-order valence-electron chi connectivity index (χ4n) is 2.43. The summed E-state index contributed by atoms with van der Waals surface area (Å²) in [6, 6.07) is 6.67. The summed E-state index contributed by atoms with van der Waals surface area (Å²) in [6.45, 7) is 1.13. The lowest BCUT2D eigenvalue weighted by Crippen LogP contribution is -2.35. The van der Waals surface area contributed by atoms with Crippen LogP contribution in [-0.4, -0.2) is 12.6 Å². The van der Waals surface area contributed by atoms with E-state index in [9.17, 15) is 4.79 Å². The van der Waals surface area contributed by atoms with Crippen molar-refractivity contribution < 1.29 is 4.42 Å². The minimum atomic E-state index is -0.215. The van der Waals surface area contributed by atoms with Crippen LogP contribution in [0.2, 0.25) is 0 Å². The Morgan fingerprint density at radius 2 is 2.35 bits per heavy atom. The summed E-state index contributed by atoms with van der Waals surface area (Å²) in [7, 11) is 0. The lowest BCUT2D eigenvalue weighted by Gasteiger charge is -2.23. The molecule has 1 aromatic heterocycles. The molecule has 2 aromatic rings. The molecule has 0 bridgehead atoms. The van der Waals surface area contributed by atoms with E-state index in [2.05, 4.69) is 11.4 Å². The Bertz CT molecular complexity index is 566. The summed E-state index contributed by atoms with van der Waals surface area (Å²) < 4.78 is 6.08. The Hall–Kier alpha value is -1.13. The Balaban J connectivity index is 1.82. The van der Waals surface area contributed by atoms with E-state index in [1.54, 1.807) is 0 Å². The molecule has 0 saturated carbocycles. The quantitative estimate of drug-likeness (QED) is 0.889. The second kappa shape index (κ2) is 4.63. The van der Waals surface area contributed by atoms with Gasteiger partial charge in [-0.2, -0.15) is 0 Å². The van der Waals surface area contributed by atoms with Crippen molar-refractivity contribution in [3.63, 3.8) is 0 Å². The van der Waals surface area contributed by atoms with Crippen LogP contribution < -0.4 is 10.3 Å². The molecule has 1 saturated heterocycles. The highest BCUT2D eigenvalue weighted by Crippen LogP contribution is 2.20. The van der Waals surface area contributed by atoms with Crippen LogP contribution in [0.4, 0.5) is 0 Å². The van der Waals surface area contributed by atoms with Crippen LogP contribution in [0.25, 0.3) is 10.3 Å². The van der Waals surface area contributed by atoms with Crippen molar-refractivity contribution in [3.05, 3.63) is 33.5 Å². The Kier molecular flexibility index (Phi) is 2.99. The number of fused-ring (bicyclic) bond motifs is 1. The summed E-state index contributed by atoms with van der Waals surface area (Å²) in [4.78, 5) is 10.9. The summed E-state index contributed by atoms with van der Waals surface area (Å²) in [5.74, 6) is 0. The number of piperidine rings is 1. The van der Waals surface area contributed by atoms with E-state index in [4.69, 9.17) is 4.42 Å². The average molecular weight is 249 g/mol. The highest BCUT2D eigenvalue weighted by Gasteiger charge is 2.13. The number of nitrogens with one attached hydrogen (secondary N) is 1. The van der Waals surface area contributed by atoms with Crippen molar-refractivity contribution in [2.45, 2.75) is 31.7 Å². The van der Waals surface area contributed by atoms with Crippen LogP contribution in [0.1, 0.15) is 24.8 Å². The zero-order valence-corrected chi connectivity index (χ0v) is 10.4.